The van der Waals surface area contributed by atoms with Gasteiger partial charge in [-0.1, -0.05) is 43.1 Å². The lowest BCUT2D eigenvalue weighted by Gasteiger charge is -2.25. The number of fused-ring (bicyclic) bond motifs is 1. The highest BCUT2D eigenvalue weighted by Gasteiger charge is 2.21. The molecule has 4 aromatic rings. The maximum atomic E-state index is 13.7. The quantitative estimate of drug-likeness (QED) is 0.178. The number of aromatic nitrogens is 2. The fourth-order valence-electron chi connectivity index (χ4n) is 4.97. The molecular weight excluding hydrogens is 529 g/mol. The molecule has 1 aliphatic heterocycles. The minimum atomic E-state index is -0.276. The van der Waals surface area contributed by atoms with Gasteiger partial charge in [0.1, 0.15) is 30.6 Å². The van der Waals surface area contributed by atoms with Crippen molar-refractivity contribution in [3.8, 4) is 28.6 Å². The van der Waals surface area contributed by atoms with Crippen molar-refractivity contribution in [2.24, 2.45) is 0 Å². The van der Waals surface area contributed by atoms with Gasteiger partial charge < -0.3 is 18.8 Å². The summed E-state index contributed by atoms with van der Waals surface area (Å²) in [5.41, 5.74) is 4.03. The SMILES string of the molecule is CCCCn1c(-c2ccc(F)cc2)nc(Cl)c1CN(Cc1cccc(OCC)c1)Cc1ccc2c(c1)OCCO2. The number of benzene rings is 3. The molecule has 0 saturated heterocycles. The topological polar surface area (TPSA) is 48.8 Å². The van der Waals surface area contributed by atoms with E-state index in [1.807, 2.05) is 25.1 Å². The molecule has 0 saturated carbocycles. The number of halogens is 2. The Labute approximate surface area is 240 Å². The number of hydrogen-bond acceptors (Lipinski definition) is 5. The molecule has 1 aliphatic rings. The minimum Gasteiger partial charge on any atom is -0.494 e. The highest BCUT2D eigenvalue weighted by atomic mass is 35.5. The lowest BCUT2D eigenvalue weighted by molar-refractivity contribution is 0.170. The van der Waals surface area contributed by atoms with Gasteiger partial charge in [-0.05, 0) is 73.0 Å². The van der Waals surface area contributed by atoms with Crippen LogP contribution in [0.4, 0.5) is 4.39 Å². The molecule has 8 heteroatoms. The van der Waals surface area contributed by atoms with Crippen molar-refractivity contribution >= 4 is 11.6 Å². The number of rotatable bonds is 12. The Morgan fingerprint density at radius 1 is 0.925 bits per heavy atom. The normalized spacial score (nSPS) is 12.6. The summed E-state index contributed by atoms with van der Waals surface area (Å²) in [4.78, 5) is 7.09. The Balaban J connectivity index is 1.49. The highest BCUT2D eigenvalue weighted by Crippen LogP contribution is 2.33. The first-order chi connectivity index (χ1) is 19.5. The van der Waals surface area contributed by atoms with Crippen LogP contribution in [0.5, 0.6) is 17.2 Å². The van der Waals surface area contributed by atoms with E-state index in [0.717, 1.165) is 64.8 Å². The third-order valence-corrected chi connectivity index (χ3v) is 7.17. The van der Waals surface area contributed by atoms with Crippen LogP contribution < -0.4 is 14.2 Å². The molecule has 6 nitrogen and oxygen atoms in total. The zero-order valence-electron chi connectivity index (χ0n) is 23.0. The summed E-state index contributed by atoms with van der Waals surface area (Å²) in [6.07, 6.45) is 2.01. The lowest BCUT2D eigenvalue weighted by atomic mass is 10.1. The molecule has 1 aromatic heterocycles. The summed E-state index contributed by atoms with van der Waals surface area (Å²) in [5, 5.41) is 0.464. The monoisotopic (exact) mass is 563 g/mol. The van der Waals surface area contributed by atoms with E-state index >= 15 is 0 Å². The third-order valence-electron chi connectivity index (χ3n) is 6.86. The molecule has 210 valence electrons. The average molecular weight is 564 g/mol. The molecule has 0 atom stereocenters. The molecule has 0 fully saturated rings. The van der Waals surface area contributed by atoms with Gasteiger partial charge in [-0.15, -0.1) is 0 Å². The average Bonchev–Trinajstić information content (AvgIpc) is 3.27. The fraction of sp³-hybridized carbons (Fsp3) is 0.344. The number of imidazole rings is 1. The number of unbranched alkanes of at least 4 members (excludes halogenated alkanes) is 1. The first kappa shape index (κ1) is 28.0. The van der Waals surface area contributed by atoms with Crippen molar-refractivity contribution in [3.05, 3.63) is 94.5 Å². The van der Waals surface area contributed by atoms with E-state index in [2.05, 4.69) is 40.7 Å². The van der Waals surface area contributed by atoms with Crippen LogP contribution in [0.15, 0.2) is 66.7 Å². The van der Waals surface area contributed by atoms with E-state index < -0.39 is 0 Å². The van der Waals surface area contributed by atoms with E-state index in [9.17, 15) is 4.39 Å². The van der Waals surface area contributed by atoms with Gasteiger partial charge in [0.15, 0.2) is 16.7 Å². The van der Waals surface area contributed by atoms with Gasteiger partial charge in [-0.2, -0.15) is 0 Å². The second kappa shape index (κ2) is 13.2. The van der Waals surface area contributed by atoms with Crippen LogP contribution in [0.2, 0.25) is 5.15 Å². The van der Waals surface area contributed by atoms with Gasteiger partial charge in [-0.3, -0.25) is 4.90 Å². The Morgan fingerprint density at radius 3 is 2.42 bits per heavy atom. The van der Waals surface area contributed by atoms with E-state index in [-0.39, 0.29) is 5.82 Å². The second-order valence-corrected chi connectivity index (χ2v) is 10.2. The molecule has 0 radical (unpaired) electrons. The highest BCUT2D eigenvalue weighted by molar-refractivity contribution is 6.30. The van der Waals surface area contributed by atoms with Crippen molar-refractivity contribution in [3.63, 3.8) is 0 Å². The van der Waals surface area contributed by atoms with Gasteiger partial charge in [-0.25, -0.2) is 9.37 Å². The molecule has 40 heavy (non-hydrogen) atoms. The molecule has 0 aliphatic carbocycles. The standard InChI is InChI=1S/C32H35ClFN3O3/c1-3-5-15-37-28(31(33)35-32(37)25-10-12-26(34)13-11-25)22-36(20-23-7-6-8-27(18-23)38-4-2)21-24-9-14-29-30(19-24)40-17-16-39-29/h6-14,18-19H,3-5,15-17,20-22H2,1-2H3. The van der Waals surface area contributed by atoms with Crippen molar-refractivity contribution in [2.45, 2.75) is 52.9 Å². The third kappa shape index (κ3) is 6.77. The number of hydrogen-bond donors (Lipinski definition) is 0. The van der Waals surface area contributed by atoms with Gasteiger partial charge in [0.25, 0.3) is 0 Å². The summed E-state index contributed by atoms with van der Waals surface area (Å²) in [5.74, 6) is 2.87. The molecule has 0 N–H and O–H groups in total. The van der Waals surface area contributed by atoms with Crippen molar-refractivity contribution in [1.82, 2.24) is 14.5 Å². The zero-order chi connectivity index (χ0) is 27.9. The number of nitrogens with zero attached hydrogens (tertiary/aromatic N) is 3. The summed E-state index contributed by atoms with van der Waals surface area (Å²) >= 11 is 6.83. The number of ether oxygens (including phenoxy) is 3. The molecule has 5 rings (SSSR count). The van der Waals surface area contributed by atoms with E-state index in [1.54, 1.807) is 12.1 Å². The van der Waals surface area contributed by atoms with Gasteiger partial charge in [0.2, 0.25) is 0 Å². The predicted octanol–water partition coefficient (Wildman–Crippen LogP) is 7.52. The van der Waals surface area contributed by atoms with Crippen LogP contribution in [0.1, 0.15) is 43.5 Å². The van der Waals surface area contributed by atoms with Crippen LogP contribution in [0.3, 0.4) is 0 Å². The second-order valence-electron chi connectivity index (χ2n) is 9.89. The van der Waals surface area contributed by atoms with Crippen LogP contribution in [-0.2, 0) is 26.2 Å². The maximum Gasteiger partial charge on any atom is 0.161 e. The van der Waals surface area contributed by atoms with Gasteiger partial charge in [0, 0.05) is 31.7 Å². The largest absolute Gasteiger partial charge is 0.494 e. The fourth-order valence-corrected chi connectivity index (χ4v) is 5.21. The summed E-state index contributed by atoms with van der Waals surface area (Å²) < 4.78 is 33.2. The first-order valence-corrected chi connectivity index (χ1v) is 14.2. The van der Waals surface area contributed by atoms with E-state index in [4.69, 9.17) is 30.8 Å². The molecule has 2 heterocycles. The van der Waals surface area contributed by atoms with Crippen molar-refractivity contribution < 1.29 is 18.6 Å². The molecule has 3 aromatic carbocycles. The molecule has 0 unspecified atom stereocenters. The van der Waals surface area contributed by atoms with Crippen molar-refractivity contribution in [1.29, 1.82) is 0 Å². The smallest absolute Gasteiger partial charge is 0.161 e. The Hall–Kier alpha value is -3.55. The summed E-state index contributed by atoms with van der Waals surface area (Å²) in [7, 11) is 0. The molecule has 0 spiro atoms. The molecular formula is C32H35ClFN3O3. The van der Waals surface area contributed by atoms with Crippen LogP contribution in [0, 0.1) is 5.82 Å². The Morgan fingerprint density at radius 2 is 1.68 bits per heavy atom. The van der Waals surface area contributed by atoms with Crippen LogP contribution >= 0.6 is 11.6 Å². The van der Waals surface area contributed by atoms with E-state index in [0.29, 0.717) is 44.6 Å². The maximum absolute atomic E-state index is 13.7. The van der Waals surface area contributed by atoms with E-state index in [1.165, 1.54) is 12.1 Å². The van der Waals surface area contributed by atoms with Crippen molar-refractivity contribution in [2.75, 3.05) is 19.8 Å². The lowest BCUT2D eigenvalue weighted by Crippen LogP contribution is -2.25. The molecule has 0 amide bonds. The van der Waals surface area contributed by atoms with Crippen LogP contribution in [-0.4, -0.2) is 34.3 Å². The zero-order valence-corrected chi connectivity index (χ0v) is 23.8. The predicted molar refractivity (Wildman–Crippen MR) is 156 cm³/mol. The van der Waals surface area contributed by atoms with Gasteiger partial charge >= 0.3 is 0 Å². The Kier molecular flexibility index (Phi) is 9.24. The summed E-state index contributed by atoms with van der Waals surface area (Å²) in [6, 6.07) is 20.7. The van der Waals surface area contributed by atoms with Crippen LogP contribution in [0.25, 0.3) is 11.4 Å². The molecule has 0 bridgehead atoms. The first-order valence-electron chi connectivity index (χ1n) is 13.9. The van der Waals surface area contributed by atoms with Gasteiger partial charge in [0.05, 0.1) is 12.3 Å². The Bertz CT molecular complexity index is 1420. The minimum absolute atomic E-state index is 0.276. The summed E-state index contributed by atoms with van der Waals surface area (Å²) in [6.45, 7) is 8.55.